The average Bonchev–Trinajstić information content (AvgIpc) is 2.56. The molecule has 3 nitrogen and oxygen atoms in total. The number of anilines is 1. The second-order valence-corrected chi connectivity index (χ2v) is 6.25. The van der Waals surface area contributed by atoms with E-state index in [1.165, 1.54) is 44.7 Å². The maximum atomic E-state index is 5.42. The Morgan fingerprint density at radius 3 is 2.14 bits per heavy atom. The standard InChI is InChI=1S/C18H25N3/c1-3-16-4-6-17(7-5-16)20-10-8-18(9-11-20)21-14-12-19(2)13-15-21/h1,4-7,18H,8-15H2,2H3. The molecule has 0 N–H and O–H groups in total. The Kier molecular flexibility index (Phi) is 4.48. The SMILES string of the molecule is C#Cc1ccc(N2CCC(N3CCN(C)CC3)CC2)cc1. The first-order valence-corrected chi connectivity index (χ1v) is 8.00. The zero-order chi connectivity index (χ0) is 14.7. The highest BCUT2D eigenvalue weighted by Gasteiger charge is 2.26. The third-order valence-corrected chi connectivity index (χ3v) is 4.92. The molecule has 0 aliphatic carbocycles. The molecule has 0 amide bonds. The van der Waals surface area contributed by atoms with Crippen LogP contribution in [0.1, 0.15) is 18.4 Å². The van der Waals surface area contributed by atoms with Crippen molar-refractivity contribution in [3.8, 4) is 12.3 Å². The maximum Gasteiger partial charge on any atom is 0.0367 e. The van der Waals surface area contributed by atoms with Gasteiger partial charge in [0.05, 0.1) is 0 Å². The first-order valence-electron chi connectivity index (χ1n) is 8.00. The molecule has 1 aromatic rings. The predicted molar refractivity (Wildman–Crippen MR) is 88.7 cm³/mol. The molecule has 2 heterocycles. The smallest absolute Gasteiger partial charge is 0.0367 e. The van der Waals surface area contributed by atoms with Gasteiger partial charge in [0.25, 0.3) is 0 Å². The molecule has 0 unspecified atom stereocenters. The highest BCUT2D eigenvalue weighted by atomic mass is 15.3. The summed E-state index contributed by atoms with van der Waals surface area (Å²) >= 11 is 0. The highest BCUT2D eigenvalue weighted by molar-refractivity contribution is 5.50. The van der Waals surface area contributed by atoms with Crippen LogP contribution in [0, 0.1) is 12.3 Å². The molecule has 0 aromatic heterocycles. The third kappa shape index (κ3) is 3.40. The number of benzene rings is 1. The Labute approximate surface area is 128 Å². The normalized spacial score (nSPS) is 22.2. The van der Waals surface area contributed by atoms with Crippen molar-refractivity contribution in [2.24, 2.45) is 0 Å². The van der Waals surface area contributed by atoms with E-state index in [1.807, 2.05) is 12.1 Å². The van der Waals surface area contributed by atoms with Gasteiger partial charge in [-0.15, -0.1) is 6.42 Å². The molecule has 0 spiro atoms. The van der Waals surface area contributed by atoms with Gasteiger partial charge in [0.1, 0.15) is 0 Å². The van der Waals surface area contributed by atoms with Crippen molar-refractivity contribution >= 4 is 5.69 Å². The zero-order valence-electron chi connectivity index (χ0n) is 13.0. The van der Waals surface area contributed by atoms with E-state index in [9.17, 15) is 0 Å². The second-order valence-electron chi connectivity index (χ2n) is 6.25. The molecule has 0 bridgehead atoms. The van der Waals surface area contributed by atoms with Crippen molar-refractivity contribution < 1.29 is 0 Å². The van der Waals surface area contributed by atoms with Gasteiger partial charge in [-0.3, -0.25) is 4.90 Å². The highest BCUT2D eigenvalue weighted by Crippen LogP contribution is 2.23. The number of terminal acetylenes is 1. The van der Waals surface area contributed by atoms with Gasteiger partial charge in [-0.05, 0) is 44.2 Å². The summed E-state index contributed by atoms with van der Waals surface area (Å²) in [5.74, 6) is 2.68. The Bertz CT molecular complexity index is 486. The van der Waals surface area contributed by atoms with Gasteiger partial charge < -0.3 is 9.80 Å². The summed E-state index contributed by atoms with van der Waals surface area (Å²) in [4.78, 5) is 7.62. The topological polar surface area (TPSA) is 9.72 Å². The third-order valence-electron chi connectivity index (χ3n) is 4.92. The van der Waals surface area contributed by atoms with Crippen molar-refractivity contribution in [1.82, 2.24) is 9.80 Å². The van der Waals surface area contributed by atoms with Crippen LogP contribution >= 0.6 is 0 Å². The van der Waals surface area contributed by atoms with E-state index in [0.717, 1.165) is 24.7 Å². The van der Waals surface area contributed by atoms with Crippen LogP contribution in [0.5, 0.6) is 0 Å². The number of piperidine rings is 1. The fourth-order valence-electron chi connectivity index (χ4n) is 3.44. The molecule has 2 saturated heterocycles. The lowest BCUT2D eigenvalue weighted by Crippen LogP contribution is -2.52. The lowest BCUT2D eigenvalue weighted by atomic mass is 10.0. The number of nitrogens with zero attached hydrogens (tertiary/aromatic N) is 3. The molecule has 1 aromatic carbocycles. The monoisotopic (exact) mass is 283 g/mol. The van der Waals surface area contributed by atoms with Crippen LogP contribution in [-0.4, -0.2) is 62.2 Å². The largest absolute Gasteiger partial charge is 0.371 e. The van der Waals surface area contributed by atoms with Crippen molar-refractivity contribution in [3.05, 3.63) is 29.8 Å². The molecule has 2 aliphatic rings. The van der Waals surface area contributed by atoms with Gasteiger partial charge in [0.15, 0.2) is 0 Å². The quantitative estimate of drug-likeness (QED) is 0.767. The van der Waals surface area contributed by atoms with Crippen LogP contribution in [-0.2, 0) is 0 Å². The van der Waals surface area contributed by atoms with Gasteiger partial charge in [-0.2, -0.15) is 0 Å². The van der Waals surface area contributed by atoms with E-state index in [4.69, 9.17) is 6.42 Å². The minimum Gasteiger partial charge on any atom is -0.371 e. The summed E-state index contributed by atoms with van der Waals surface area (Å²) < 4.78 is 0. The number of likely N-dealkylation sites (N-methyl/N-ethyl adjacent to an activating group) is 1. The molecule has 3 heteroatoms. The zero-order valence-corrected chi connectivity index (χ0v) is 13.0. The van der Waals surface area contributed by atoms with E-state index in [-0.39, 0.29) is 0 Å². The van der Waals surface area contributed by atoms with Crippen molar-refractivity contribution in [1.29, 1.82) is 0 Å². The molecular weight excluding hydrogens is 258 g/mol. The van der Waals surface area contributed by atoms with Gasteiger partial charge in [-0.25, -0.2) is 0 Å². The molecule has 2 aliphatic heterocycles. The number of piperazine rings is 1. The molecule has 0 saturated carbocycles. The van der Waals surface area contributed by atoms with Gasteiger partial charge in [0.2, 0.25) is 0 Å². The van der Waals surface area contributed by atoms with Crippen LogP contribution in [0.25, 0.3) is 0 Å². The fourth-order valence-corrected chi connectivity index (χ4v) is 3.44. The van der Waals surface area contributed by atoms with Crippen LogP contribution in [0.3, 0.4) is 0 Å². The molecule has 0 radical (unpaired) electrons. The van der Waals surface area contributed by atoms with Crippen LogP contribution in [0.2, 0.25) is 0 Å². The van der Waals surface area contributed by atoms with Gasteiger partial charge >= 0.3 is 0 Å². The van der Waals surface area contributed by atoms with E-state index in [2.05, 4.69) is 39.8 Å². The summed E-state index contributed by atoms with van der Waals surface area (Å²) in [6, 6.07) is 9.18. The van der Waals surface area contributed by atoms with E-state index >= 15 is 0 Å². The number of rotatable bonds is 2. The Balaban J connectivity index is 1.53. The molecule has 2 fully saturated rings. The average molecular weight is 283 g/mol. The van der Waals surface area contributed by atoms with Crippen LogP contribution < -0.4 is 4.90 Å². The summed E-state index contributed by atoms with van der Waals surface area (Å²) in [7, 11) is 2.22. The van der Waals surface area contributed by atoms with Gasteiger partial charge in [-0.1, -0.05) is 5.92 Å². The minimum absolute atomic E-state index is 0.778. The lowest BCUT2D eigenvalue weighted by molar-refractivity contribution is 0.0982. The predicted octanol–water partition coefficient (Wildman–Crippen LogP) is 1.88. The molecule has 0 atom stereocenters. The Morgan fingerprint density at radius 1 is 0.952 bits per heavy atom. The minimum atomic E-state index is 0.778. The van der Waals surface area contributed by atoms with Crippen LogP contribution in [0.15, 0.2) is 24.3 Å². The summed E-state index contributed by atoms with van der Waals surface area (Å²) in [6.45, 7) is 7.22. The van der Waals surface area contributed by atoms with Crippen molar-refractivity contribution in [2.45, 2.75) is 18.9 Å². The van der Waals surface area contributed by atoms with E-state index < -0.39 is 0 Å². The Hall–Kier alpha value is -1.50. The number of hydrogen-bond donors (Lipinski definition) is 0. The lowest BCUT2D eigenvalue weighted by Gasteiger charge is -2.42. The first kappa shape index (κ1) is 14.4. The van der Waals surface area contributed by atoms with E-state index in [0.29, 0.717) is 0 Å². The van der Waals surface area contributed by atoms with Crippen molar-refractivity contribution in [2.75, 3.05) is 51.2 Å². The van der Waals surface area contributed by atoms with Gasteiger partial charge in [0, 0.05) is 56.6 Å². The summed E-state index contributed by atoms with van der Waals surface area (Å²) in [5, 5.41) is 0. The molecular formula is C18H25N3. The second kappa shape index (κ2) is 6.51. The summed E-state index contributed by atoms with van der Waals surface area (Å²) in [5.41, 5.74) is 2.27. The number of hydrogen-bond acceptors (Lipinski definition) is 3. The molecule has 21 heavy (non-hydrogen) atoms. The van der Waals surface area contributed by atoms with Crippen LogP contribution in [0.4, 0.5) is 5.69 Å². The molecule has 112 valence electrons. The first-order chi connectivity index (χ1) is 10.3. The Morgan fingerprint density at radius 2 is 1.57 bits per heavy atom. The maximum absolute atomic E-state index is 5.42. The van der Waals surface area contributed by atoms with E-state index in [1.54, 1.807) is 0 Å². The summed E-state index contributed by atoms with van der Waals surface area (Å²) in [6.07, 6.45) is 7.97. The molecule has 3 rings (SSSR count). The van der Waals surface area contributed by atoms with Crippen molar-refractivity contribution in [3.63, 3.8) is 0 Å². The fraction of sp³-hybridized carbons (Fsp3) is 0.556.